The molecule has 1 aliphatic heterocycles. The van der Waals surface area contributed by atoms with Crippen molar-refractivity contribution in [1.29, 1.82) is 0 Å². The molecule has 2 aromatic heterocycles. The number of aromatic amines is 1. The number of tetrazole rings is 1. The predicted octanol–water partition coefficient (Wildman–Crippen LogP) is 6.33. The third kappa shape index (κ3) is 6.44. The van der Waals surface area contributed by atoms with Crippen molar-refractivity contribution in [2.75, 3.05) is 13.2 Å². The predicted molar refractivity (Wildman–Crippen MR) is 176 cm³/mol. The minimum Gasteiger partial charge on any atom is -0.462 e. The Balaban J connectivity index is 1.23. The van der Waals surface area contributed by atoms with E-state index in [0.717, 1.165) is 64.8 Å². The van der Waals surface area contributed by atoms with Crippen LogP contribution in [0.2, 0.25) is 0 Å². The normalized spacial score (nSPS) is 15.9. The number of esters is 1. The van der Waals surface area contributed by atoms with E-state index in [2.05, 4.69) is 69.5 Å². The number of nitrogens with zero attached hydrogens (tertiary/aromatic N) is 5. The van der Waals surface area contributed by atoms with Crippen LogP contribution in [0.25, 0.3) is 22.5 Å². The van der Waals surface area contributed by atoms with Gasteiger partial charge in [0.2, 0.25) is 0 Å². The molecule has 3 aromatic carbocycles. The molecule has 2 unspecified atom stereocenters. The largest absolute Gasteiger partial charge is 0.462 e. The van der Waals surface area contributed by atoms with Gasteiger partial charge in [-0.05, 0) is 77.9 Å². The van der Waals surface area contributed by atoms with Crippen LogP contribution in [0, 0.1) is 0 Å². The smallest absolute Gasteiger partial charge is 0.338 e. The molecule has 5 aromatic rings. The van der Waals surface area contributed by atoms with E-state index >= 15 is 0 Å². The average Bonchev–Trinajstić information content (AvgIpc) is 3.71. The first kappa shape index (κ1) is 31.2. The van der Waals surface area contributed by atoms with Crippen LogP contribution in [0.15, 0.2) is 77.6 Å². The van der Waals surface area contributed by atoms with Gasteiger partial charge in [-0.25, -0.2) is 14.6 Å². The number of hydrogen-bond donors (Lipinski definition) is 1. The van der Waals surface area contributed by atoms with Crippen molar-refractivity contribution in [2.24, 2.45) is 0 Å². The number of fused-ring (bicyclic) bond motifs is 1. The van der Waals surface area contributed by atoms with Crippen LogP contribution < -0.4 is 5.56 Å². The molecule has 238 valence electrons. The first-order chi connectivity index (χ1) is 22.5. The van der Waals surface area contributed by atoms with Gasteiger partial charge in [-0.3, -0.25) is 9.48 Å². The summed E-state index contributed by atoms with van der Waals surface area (Å²) in [5, 5.41) is 14.4. The number of carbonyl (C=O) groups is 1. The molecule has 0 fully saturated rings. The molecule has 10 heteroatoms. The standard InChI is InChI=1S/C36H40N6O4/c1-4-9-33-32(21-25-15-17-27(18-16-25)30-12-6-7-13-31(30)34-37-39-40-38-34)35(43)42-29(19-14-24(3)41(33)42)23-45-22-26-10-8-11-28(20-26)36(44)46-5-2/h6-8,10-13,15-18,20,24,29H,4-5,9,14,19,21-23H2,1-3H3,(H,37,38,39,40). The molecular weight excluding hydrogens is 580 g/mol. The number of nitrogens with one attached hydrogen (secondary N) is 1. The summed E-state index contributed by atoms with van der Waals surface area (Å²) in [5.74, 6) is 0.281. The van der Waals surface area contributed by atoms with Crippen molar-refractivity contribution in [2.45, 2.75) is 71.6 Å². The maximum absolute atomic E-state index is 14.2. The number of ether oxygens (including phenoxy) is 2. The van der Waals surface area contributed by atoms with Gasteiger partial charge in [0.05, 0.1) is 31.4 Å². The van der Waals surface area contributed by atoms with E-state index in [-0.39, 0.29) is 23.6 Å². The van der Waals surface area contributed by atoms with Crippen LogP contribution in [0.1, 0.15) is 84.9 Å². The van der Waals surface area contributed by atoms with Crippen molar-refractivity contribution in [1.82, 2.24) is 30.0 Å². The number of benzene rings is 3. The fraction of sp³-hybridized carbons (Fsp3) is 0.361. The quantitative estimate of drug-likeness (QED) is 0.162. The number of H-pyrrole nitrogens is 1. The Kier molecular flexibility index (Phi) is 9.54. The summed E-state index contributed by atoms with van der Waals surface area (Å²) < 4.78 is 15.5. The van der Waals surface area contributed by atoms with Gasteiger partial charge in [-0.1, -0.05) is 74.0 Å². The van der Waals surface area contributed by atoms with Crippen LogP contribution in [0.3, 0.4) is 0 Å². The summed E-state index contributed by atoms with van der Waals surface area (Å²) in [6.07, 6.45) is 4.20. The minimum atomic E-state index is -0.339. The van der Waals surface area contributed by atoms with Gasteiger partial charge in [0.15, 0.2) is 5.82 Å². The van der Waals surface area contributed by atoms with E-state index in [0.29, 0.717) is 37.6 Å². The molecule has 1 aliphatic rings. The van der Waals surface area contributed by atoms with Crippen LogP contribution in [0.5, 0.6) is 0 Å². The summed E-state index contributed by atoms with van der Waals surface area (Å²) in [4.78, 5) is 26.3. The second-order valence-electron chi connectivity index (χ2n) is 11.9. The van der Waals surface area contributed by atoms with Crippen molar-refractivity contribution in [3.8, 4) is 22.5 Å². The van der Waals surface area contributed by atoms with Gasteiger partial charge in [0, 0.05) is 29.3 Å². The SMILES string of the molecule is CCCc1c(Cc2ccc(-c3ccccc3-c3nnn[nH]3)cc2)c(=O)n2n1C(C)CCC2COCc1cccc(C(=O)OCC)c1. The summed E-state index contributed by atoms with van der Waals surface area (Å²) >= 11 is 0. The lowest BCUT2D eigenvalue weighted by Crippen LogP contribution is -2.36. The topological polar surface area (TPSA) is 117 Å². The molecule has 46 heavy (non-hydrogen) atoms. The van der Waals surface area contributed by atoms with Crippen LogP contribution >= 0.6 is 0 Å². The molecule has 0 saturated carbocycles. The molecule has 1 N–H and O–H groups in total. The molecule has 6 rings (SSSR count). The number of hydrogen-bond acceptors (Lipinski definition) is 7. The molecule has 2 atom stereocenters. The van der Waals surface area contributed by atoms with Crippen molar-refractivity contribution in [3.63, 3.8) is 0 Å². The highest BCUT2D eigenvalue weighted by molar-refractivity contribution is 5.89. The zero-order valence-corrected chi connectivity index (χ0v) is 26.6. The summed E-state index contributed by atoms with van der Waals surface area (Å²) in [6.45, 7) is 7.26. The molecule has 0 aliphatic carbocycles. The monoisotopic (exact) mass is 620 g/mol. The highest BCUT2D eigenvalue weighted by atomic mass is 16.5. The lowest BCUT2D eigenvalue weighted by Gasteiger charge is -2.32. The van der Waals surface area contributed by atoms with Gasteiger partial charge in [-0.2, -0.15) is 0 Å². The molecule has 0 bridgehead atoms. The summed E-state index contributed by atoms with van der Waals surface area (Å²) in [5.41, 5.74) is 7.56. The zero-order valence-electron chi connectivity index (χ0n) is 26.6. The first-order valence-corrected chi connectivity index (χ1v) is 16.1. The van der Waals surface area contributed by atoms with E-state index in [1.54, 1.807) is 13.0 Å². The van der Waals surface area contributed by atoms with Gasteiger partial charge in [-0.15, -0.1) is 5.10 Å². The van der Waals surface area contributed by atoms with Crippen molar-refractivity contribution >= 4 is 5.97 Å². The highest BCUT2D eigenvalue weighted by Gasteiger charge is 2.31. The Morgan fingerprint density at radius 3 is 2.50 bits per heavy atom. The van der Waals surface area contributed by atoms with Crippen LogP contribution in [-0.4, -0.2) is 49.2 Å². The van der Waals surface area contributed by atoms with Crippen LogP contribution in [-0.2, 0) is 28.9 Å². The Morgan fingerprint density at radius 1 is 0.957 bits per heavy atom. The van der Waals surface area contributed by atoms with E-state index < -0.39 is 0 Å². The molecule has 0 amide bonds. The molecule has 0 radical (unpaired) electrons. The Labute approximate surface area is 268 Å². The first-order valence-electron chi connectivity index (χ1n) is 16.1. The molecule has 10 nitrogen and oxygen atoms in total. The Bertz CT molecular complexity index is 1840. The van der Waals surface area contributed by atoms with Crippen molar-refractivity contribution in [3.05, 3.63) is 111 Å². The third-order valence-corrected chi connectivity index (χ3v) is 8.68. The van der Waals surface area contributed by atoms with Gasteiger partial charge >= 0.3 is 5.97 Å². The van der Waals surface area contributed by atoms with E-state index in [9.17, 15) is 9.59 Å². The maximum atomic E-state index is 14.2. The highest BCUT2D eigenvalue weighted by Crippen LogP contribution is 2.33. The van der Waals surface area contributed by atoms with Gasteiger partial charge < -0.3 is 9.47 Å². The lowest BCUT2D eigenvalue weighted by atomic mass is 9.96. The minimum absolute atomic E-state index is 0.0641. The molecular formula is C36H40N6O4. The molecule has 0 spiro atoms. The van der Waals surface area contributed by atoms with E-state index in [1.807, 2.05) is 41.1 Å². The number of rotatable bonds is 12. The average molecular weight is 621 g/mol. The molecule has 0 saturated heterocycles. The zero-order chi connectivity index (χ0) is 32.0. The fourth-order valence-electron chi connectivity index (χ4n) is 6.50. The summed E-state index contributed by atoms with van der Waals surface area (Å²) in [6, 6.07) is 23.9. The number of aromatic nitrogens is 6. The van der Waals surface area contributed by atoms with Gasteiger partial charge in [0.25, 0.3) is 5.56 Å². The van der Waals surface area contributed by atoms with Crippen LogP contribution in [0.4, 0.5) is 0 Å². The van der Waals surface area contributed by atoms with Crippen molar-refractivity contribution < 1.29 is 14.3 Å². The second-order valence-corrected chi connectivity index (χ2v) is 11.9. The maximum Gasteiger partial charge on any atom is 0.338 e. The Hall–Kier alpha value is -4.83. The molecule has 3 heterocycles. The number of carbonyl (C=O) groups excluding carboxylic acids is 1. The Morgan fingerprint density at radius 2 is 1.76 bits per heavy atom. The lowest BCUT2D eigenvalue weighted by molar-refractivity contribution is 0.0524. The van der Waals surface area contributed by atoms with E-state index in [1.165, 1.54) is 0 Å². The third-order valence-electron chi connectivity index (χ3n) is 8.68. The summed E-state index contributed by atoms with van der Waals surface area (Å²) in [7, 11) is 0. The van der Waals surface area contributed by atoms with Gasteiger partial charge in [0.1, 0.15) is 0 Å². The fourth-order valence-corrected chi connectivity index (χ4v) is 6.50. The second kappa shape index (κ2) is 14.1. The van der Waals surface area contributed by atoms with E-state index in [4.69, 9.17) is 9.47 Å².